The van der Waals surface area contributed by atoms with E-state index in [-0.39, 0.29) is 0 Å². The largest absolute Gasteiger partial charge is 0.478 e. The van der Waals surface area contributed by atoms with E-state index in [2.05, 4.69) is 30.2 Å². The molecule has 0 aliphatic rings. The number of aryl methyl sites for hydroxylation is 1. The van der Waals surface area contributed by atoms with E-state index in [1.54, 1.807) is 18.0 Å². The Morgan fingerprint density at radius 3 is 2.96 bits per heavy atom. The Hall–Kier alpha value is -3.12. The minimum Gasteiger partial charge on any atom is -0.478 e. The molecule has 0 amide bonds. The molecule has 2 N–H and O–H groups in total. The van der Waals surface area contributed by atoms with Crippen LogP contribution < -0.4 is 10.1 Å². The zero-order valence-corrected chi connectivity index (χ0v) is 14.3. The summed E-state index contributed by atoms with van der Waals surface area (Å²) >= 11 is 0. The Morgan fingerprint density at radius 1 is 1.40 bits per heavy atom. The molecular formula is C16H19N7O2. The summed E-state index contributed by atoms with van der Waals surface area (Å²) in [4.78, 5) is 15.3. The first-order valence-corrected chi connectivity index (χ1v) is 7.85. The van der Waals surface area contributed by atoms with E-state index in [0.29, 0.717) is 48.3 Å². The molecule has 25 heavy (non-hydrogen) atoms. The van der Waals surface area contributed by atoms with Gasteiger partial charge in [0, 0.05) is 19.5 Å². The van der Waals surface area contributed by atoms with Crippen molar-refractivity contribution in [1.82, 2.24) is 24.7 Å². The van der Waals surface area contributed by atoms with Gasteiger partial charge in [-0.15, -0.1) is 0 Å². The van der Waals surface area contributed by atoms with Crippen LogP contribution in [0.15, 0.2) is 12.4 Å². The lowest BCUT2D eigenvalue weighted by Crippen LogP contribution is -2.04. The molecule has 0 radical (unpaired) electrons. The van der Waals surface area contributed by atoms with E-state index in [0.717, 1.165) is 11.4 Å². The maximum Gasteiger partial charge on any atom is 0.232 e. The first kappa shape index (κ1) is 16.7. The average Bonchev–Trinajstić information content (AvgIpc) is 3.17. The predicted octanol–water partition coefficient (Wildman–Crippen LogP) is 2.80. The number of hydrogen-bond acceptors (Lipinski definition) is 6. The minimum atomic E-state index is 0.378. The van der Waals surface area contributed by atoms with Gasteiger partial charge in [0.05, 0.1) is 43.1 Å². The van der Waals surface area contributed by atoms with E-state index in [9.17, 15) is 0 Å². The number of hydrogen-bond donors (Lipinski definition) is 2. The van der Waals surface area contributed by atoms with Crippen molar-refractivity contribution >= 4 is 28.4 Å². The van der Waals surface area contributed by atoms with Gasteiger partial charge in [0.25, 0.3) is 0 Å². The Balaban J connectivity index is 1.94. The van der Waals surface area contributed by atoms with Gasteiger partial charge < -0.3 is 19.8 Å². The van der Waals surface area contributed by atoms with Gasteiger partial charge in [0.15, 0.2) is 0 Å². The normalized spacial score (nSPS) is 10.8. The van der Waals surface area contributed by atoms with Crippen molar-refractivity contribution in [3.05, 3.63) is 29.5 Å². The van der Waals surface area contributed by atoms with Crippen molar-refractivity contribution in [2.24, 2.45) is 0 Å². The fourth-order valence-corrected chi connectivity index (χ4v) is 2.43. The van der Waals surface area contributed by atoms with E-state index < -0.39 is 0 Å². The summed E-state index contributed by atoms with van der Waals surface area (Å²) in [5.41, 5.74) is 2.62. The van der Waals surface area contributed by atoms with Crippen LogP contribution in [0.5, 0.6) is 5.88 Å². The molecule has 0 unspecified atom stereocenters. The Bertz CT molecular complexity index is 923. The van der Waals surface area contributed by atoms with E-state index in [1.807, 2.05) is 20.0 Å². The Kier molecular flexibility index (Phi) is 4.81. The third-order valence-electron chi connectivity index (χ3n) is 3.60. The average molecular weight is 341 g/mol. The molecule has 0 aliphatic carbocycles. The van der Waals surface area contributed by atoms with Crippen molar-refractivity contribution in [3.63, 3.8) is 0 Å². The van der Waals surface area contributed by atoms with Crippen LogP contribution in [-0.2, 0) is 11.3 Å². The molecule has 0 bridgehead atoms. The fraction of sp³-hybridized carbons (Fsp3) is 0.375. The summed E-state index contributed by atoms with van der Waals surface area (Å²) in [6.07, 6.45) is 3.48. The number of aromatic amines is 1. The highest BCUT2D eigenvalue weighted by Gasteiger charge is 2.16. The zero-order valence-electron chi connectivity index (χ0n) is 14.3. The number of nitrogens with one attached hydrogen (secondary N) is 2. The second-order valence-electron chi connectivity index (χ2n) is 5.30. The minimum absolute atomic E-state index is 0.378. The summed E-state index contributed by atoms with van der Waals surface area (Å²) in [5.74, 6) is 0.760. The van der Waals surface area contributed by atoms with Crippen LogP contribution in [0.1, 0.15) is 12.6 Å². The summed E-state index contributed by atoms with van der Waals surface area (Å²) in [6.45, 7) is 12.7. The standard InChI is InChI=1S/C16H19N7O2/c1-5-25-15-13-11(17-3)8-18-14(13)20-16(21-15)19-12-9-23(6-7-24-4)22-10(12)2/h8-9H,5-7H2,1-2,4H3,(H2,18,19,20,21). The highest BCUT2D eigenvalue weighted by Crippen LogP contribution is 2.33. The van der Waals surface area contributed by atoms with Crippen LogP contribution in [-0.4, -0.2) is 45.1 Å². The Labute approximate surface area is 144 Å². The molecule has 0 aliphatic heterocycles. The topological polar surface area (TPSA) is 94.2 Å². The number of anilines is 2. The summed E-state index contributed by atoms with van der Waals surface area (Å²) < 4.78 is 12.5. The maximum atomic E-state index is 7.25. The van der Waals surface area contributed by atoms with Crippen molar-refractivity contribution in [1.29, 1.82) is 0 Å². The predicted molar refractivity (Wildman–Crippen MR) is 93.4 cm³/mol. The third kappa shape index (κ3) is 3.39. The summed E-state index contributed by atoms with van der Waals surface area (Å²) in [6, 6.07) is 0. The van der Waals surface area contributed by atoms with E-state index >= 15 is 0 Å². The van der Waals surface area contributed by atoms with Gasteiger partial charge in [-0.25, -0.2) is 4.85 Å². The van der Waals surface area contributed by atoms with Crippen LogP contribution in [0.2, 0.25) is 0 Å². The van der Waals surface area contributed by atoms with Crippen LogP contribution in [0.4, 0.5) is 17.3 Å². The molecule has 0 atom stereocenters. The molecule has 130 valence electrons. The summed E-state index contributed by atoms with van der Waals surface area (Å²) in [7, 11) is 1.65. The highest BCUT2D eigenvalue weighted by atomic mass is 16.5. The van der Waals surface area contributed by atoms with Crippen molar-refractivity contribution in [2.45, 2.75) is 20.4 Å². The number of aromatic nitrogens is 5. The van der Waals surface area contributed by atoms with Crippen LogP contribution in [0, 0.1) is 13.5 Å². The third-order valence-corrected chi connectivity index (χ3v) is 3.60. The van der Waals surface area contributed by atoms with Gasteiger partial charge in [0.1, 0.15) is 5.65 Å². The second-order valence-corrected chi connectivity index (χ2v) is 5.30. The van der Waals surface area contributed by atoms with Crippen molar-refractivity contribution < 1.29 is 9.47 Å². The molecule has 0 saturated heterocycles. The monoisotopic (exact) mass is 341 g/mol. The SMILES string of the molecule is [C-]#[N+]c1c[nH]c2nc(Nc3cn(CCOC)nc3C)nc(OCC)c12. The number of H-pyrrole nitrogens is 1. The first-order valence-electron chi connectivity index (χ1n) is 7.85. The van der Waals surface area contributed by atoms with Gasteiger partial charge in [-0.3, -0.25) is 4.68 Å². The number of methoxy groups -OCH3 is 1. The quantitative estimate of drug-likeness (QED) is 0.642. The molecule has 3 heterocycles. The maximum absolute atomic E-state index is 7.25. The highest BCUT2D eigenvalue weighted by molar-refractivity contribution is 5.95. The lowest BCUT2D eigenvalue weighted by Gasteiger charge is -2.08. The first-order chi connectivity index (χ1) is 12.2. The van der Waals surface area contributed by atoms with Gasteiger partial charge in [0.2, 0.25) is 17.5 Å². The van der Waals surface area contributed by atoms with Gasteiger partial charge in [-0.2, -0.15) is 15.1 Å². The van der Waals surface area contributed by atoms with E-state index in [4.69, 9.17) is 16.0 Å². The second kappa shape index (κ2) is 7.19. The Morgan fingerprint density at radius 2 is 2.24 bits per heavy atom. The molecule has 3 aromatic heterocycles. The zero-order chi connectivity index (χ0) is 17.8. The lowest BCUT2D eigenvalue weighted by molar-refractivity contribution is 0.183. The van der Waals surface area contributed by atoms with Gasteiger partial charge in [-0.1, -0.05) is 0 Å². The number of ether oxygens (including phenoxy) is 2. The van der Waals surface area contributed by atoms with Crippen molar-refractivity contribution in [3.8, 4) is 5.88 Å². The number of fused-ring (bicyclic) bond motifs is 1. The molecule has 9 heteroatoms. The number of nitrogens with zero attached hydrogens (tertiary/aromatic N) is 5. The molecule has 9 nitrogen and oxygen atoms in total. The van der Waals surface area contributed by atoms with Crippen LogP contribution in [0.25, 0.3) is 15.9 Å². The smallest absolute Gasteiger partial charge is 0.232 e. The van der Waals surface area contributed by atoms with Crippen LogP contribution >= 0.6 is 0 Å². The molecule has 3 rings (SSSR count). The van der Waals surface area contributed by atoms with Gasteiger partial charge in [-0.05, 0) is 13.8 Å². The molecule has 0 saturated carbocycles. The molecule has 0 fully saturated rings. The van der Waals surface area contributed by atoms with Gasteiger partial charge >= 0.3 is 0 Å². The summed E-state index contributed by atoms with van der Waals surface area (Å²) in [5, 5.41) is 8.18. The molecule has 0 aromatic carbocycles. The molecule has 3 aromatic rings. The fourth-order valence-electron chi connectivity index (χ4n) is 2.43. The van der Waals surface area contributed by atoms with E-state index in [1.165, 1.54) is 0 Å². The van der Waals surface area contributed by atoms with Crippen LogP contribution in [0.3, 0.4) is 0 Å². The van der Waals surface area contributed by atoms with Crippen molar-refractivity contribution in [2.75, 3.05) is 25.6 Å². The molecule has 0 spiro atoms. The lowest BCUT2D eigenvalue weighted by atomic mass is 10.3. The number of rotatable bonds is 7. The molecular weight excluding hydrogens is 322 g/mol.